The van der Waals surface area contributed by atoms with Gasteiger partial charge in [0.25, 0.3) is 0 Å². The minimum atomic E-state index is -4.61. The molecule has 4 nitrogen and oxygen atoms in total. The summed E-state index contributed by atoms with van der Waals surface area (Å²) in [6, 6.07) is 0. The molecule has 0 aliphatic carbocycles. The van der Waals surface area contributed by atoms with Gasteiger partial charge in [0.05, 0.1) is 0 Å². The molecule has 0 bridgehead atoms. The molecule has 0 rings (SSSR count). The predicted octanol–water partition coefficient (Wildman–Crippen LogP) is -3.80. The first kappa shape index (κ1) is 22.4. The summed E-state index contributed by atoms with van der Waals surface area (Å²) in [5.41, 5.74) is 0. The maximum Gasteiger partial charge on any atom is 0.668 e. The van der Waals surface area contributed by atoms with Crippen LogP contribution in [0.1, 0.15) is 0 Å². The second-order valence-corrected chi connectivity index (χ2v) is 1.80. The summed E-state index contributed by atoms with van der Waals surface area (Å²) in [5.74, 6) is 0. The van der Waals surface area contributed by atoms with Gasteiger partial charge in [0.2, 0.25) is 0 Å². The van der Waals surface area contributed by atoms with Gasteiger partial charge in [-0.2, -0.15) is 0 Å². The minimum Gasteiger partial charge on any atom is -0.368 e. The van der Waals surface area contributed by atoms with E-state index in [1.165, 1.54) is 0 Å². The summed E-state index contributed by atoms with van der Waals surface area (Å²) in [7, 11) is -4.61. The van der Waals surface area contributed by atoms with Gasteiger partial charge < -0.3 is 19.2 Å². The first-order chi connectivity index (χ1) is 2.00. The fraction of sp³-hybridized carbons (Fsp3) is 0. The second kappa shape index (κ2) is 9.58. The molecule has 1 radical (unpaired) electrons. The Morgan fingerprint density at radius 1 is 0.875 bits per heavy atom. The van der Waals surface area contributed by atoms with Crippen LogP contribution in [0.25, 0.3) is 0 Å². The molecular weight excluding hydrogens is 299 g/mol. The third-order valence-corrected chi connectivity index (χ3v) is 0. The van der Waals surface area contributed by atoms with Gasteiger partial charge in [0, 0.05) is 58.9 Å². The zero-order chi connectivity index (χ0) is 4.50. The van der Waals surface area contributed by atoms with Gasteiger partial charge in [-0.15, -0.1) is 0 Å². The average Bonchev–Trinajstić information content (AvgIpc) is 0.722. The van der Waals surface area contributed by atoms with Gasteiger partial charge in [-0.25, -0.2) is 0 Å². The van der Waals surface area contributed by atoms with Crippen molar-refractivity contribution in [3.05, 3.63) is 0 Å². The third kappa shape index (κ3) is 74.2. The van der Waals surface area contributed by atoms with Crippen molar-refractivity contribution in [2.45, 2.75) is 0 Å². The Morgan fingerprint density at radius 3 is 0.875 bits per heavy atom. The Hall–Kier alpha value is 2.58. The summed E-state index contributed by atoms with van der Waals surface area (Å²) in [6.45, 7) is 0. The predicted molar refractivity (Wildman–Crippen MR) is 24.6 cm³/mol. The minimum absolute atomic E-state index is 0. The maximum absolute atomic E-state index is 7.33. The Labute approximate surface area is 103 Å². The summed E-state index contributed by atoms with van der Waals surface area (Å²) in [6.07, 6.45) is 0. The second-order valence-electron chi connectivity index (χ2n) is 0.600. The molecule has 0 aliphatic heterocycles. The monoisotopic (exact) mass is 305 g/mol. The normalized spacial score (nSPS) is 7.50. The third-order valence-electron chi connectivity index (χ3n) is 0. The van der Waals surface area contributed by atoms with E-state index in [-0.39, 0.29) is 76.3 Å². The Bertz CT molecular complexity index is 31.5. The Morgan fingerprint density at radius 2 is 0.875 bits per heavy atom. The molecule has 4 N–H and O–H groups in total. The van der Waals surface area contributed by atoms with Crippen LogP contribution in [0.2, 0.25) is 0 Å². The standard InChI is InChI=1S/Al.H4O4Si.Y.Zr.3H/c;1-5(2,3)4;;;;;/h;1-4H;;;;;. The topological polar surface area (TPSA) is 80.9 Å². The van der Waals surface area contributed by atoms with E-state index >= 15 is 0 Å². The van der Waals surface area contributed by atoms with E-state index in [1.807, 2.05) is 0 Å². The van der Waals surface area contributed by atoms with Crippen LogP contribution in [0.5, 0.6) is 0 Å². The van der Waals surface area contributed by atoms with E-state index in [0.29, 0.717) is 0 Å². The van der Waals surface area contributed by atoms with Gasteiger partial charge >= 0.3 is 9.05 Å². The van der Waals surface area contributed by atoms with Crippen molar-refractivity contribution in [3.8, 4) is 0 Å². The molecule has 0 spiro atoms. The molecule has 0 heterocycles. The largest absolute Gasteiger partial charge is 0.668 e. The molecule has 0 aromatic rings. The summed E-state index contributed by atoms with van der Waals surface area (Å²) < 4.78 is 0. The van der Waals surface area contributed by atoms with E-state index in [9.17, 15) is 0 Å². The van der Waals surface area contributed by atoms with Gasteiger partial charge in [-0.05, 0) is 0 Å². The average molecular weight is 306 g/mol. The fourth-order valence-corrected chi connectivity index (χ4v) is 0. The molecular formula is H7AlO4SiYZr. The van der Waals surface area contributed by atoms with Crippen molar-refractivity contribution < 1.29 is 78.1 Å². The van der Waals surface area contributed by atoms with Crippen molar-refractivity contribution in [3.63, 3.8) is 0 Å². The molecule has 0 atom stereocenters. The smallest absolute Gasteiger partial charge is 0.368 e. The van der Waals surface area contributed by atoms with Gasteiger partial charge in [-0.1, -0.05) is 0 Å². The quantitative estimate of drug-likeness (QED) is 0.346. The first-order valence-corrected chi connectivity index (χ1v) is 2.68. The molecule has 0 fully saturated rings. The van der Waals surface area contributed by atoms with Crippen LogP contribution in [0, 0.1) is 0 Å². The Kier molecular flexibility index (Phi) is 26.8. The van der Waals surface area contributed by atoms with Crippen molar-refractivity contribution >= 4 is 26.4 Å². The fourth-order valence-electron chi connectivity index (χ4n) is 0. The summed E-state index contributed by atoms with van der Waals surface area (Å²) >= 11 is 0. The molecule has 0 saturated carbocycles. The van der Waals surface area contributed by atoms with E-state index in [0.717, 1.165) is 0 Å². The molecule has 8 heteroatoms. The summed E-state index contributed by atoms with van der Waals surface area (Å²) in [4.78, 5) is 29.3. The SMILES string of the molecule is O[Si](O)(O)O.[AlH3].[Y].[Zr]. The number of rotatable bonds is 0. The van der Waals surface area contributed by atoms with Crippen LogP contribution in [-0.4, -0.2) is 45.6 Å². The van der Waals surface area contributed by atoms with Gasteiger partial charge in [0.1, 0.15) is 0 Å². The van der Waals surface area contributed by atoms with Crippen molar-refractivity contribution in [2.24, 2.45) is 0 Å². The molecule has 0 aliphatic rings. The van der Waals surface area contributed by atoms with E-state index in [2.05, 4.69) is 0 Å². The molecule has 0 amide bonds. The van der Waals surface area contributed by atoms with E-state index in [1.54, 1.807) is 0 Å². The zero-order valence-electron chi connectivity index (χ0n) is 3.37. The van der Waals surface area contributed by atoms with Gasteiger partial charge in [0.15, 0.2) is 17.4 Å². The van der Waals surface area contributed by atoms with Crippen LogP contribution in [-0.2, 0) is 58.9 Å². The van der Waals surface area contributed by atoms with Crippen LogP contribution < -0.4 is 0 Å². The molecule has 0 aromatic heterocycles. The molecule has 0 unspecified atom stereocenters. The van der Waals surface area contributed by atoms with Crippen LogP contribution in [0.3, 0.4) is 0 Å². The van der Waals surface area contributed by atoms with Crippen LogP contribution in [0.15, 0.2) is 0 Å². The first-order valence-electron chi connectivity index (χ1n) is 0.894. The zero-order valence-corrected chi connectivity index (χ0v) is 9.66. The molecule has 0 saturated heterocycles. The summed E-state index contributed by atoms with van der Waals surface area (Å²) in [5, 5.41) is 0. The maximum atomic E-state index is 7.33. The van der Waals surface area contributed by atoms with Crippen molar-refractivity contribution in [1.29, 1.82) is 0 Å². The van der Waals surface area contributed by atoms with E-state index < -0.39 is 9.05 Å². The van der Waals surface area contributed by atoms with Crippen LogP contribution in [0.4, 0.5) is 0 Å². The van der Waals surface area contributed by atoms with Crippen molar-refractivity contribution in [1.82, 2.24) is 0 Å². The number of hydrogen-bond acceptors (Lipinski definition) is 4. The van der Waals surface area contributed by atoms with Crippen LogP contribution >= 0.6 is 0 Å². The molecule has 8 heavy (non-hydrogen) atoms. The van der Waals surface area contributed by atoms with Gasteiger partial charge in [-0.3, -0.25) is 0 Å². The number of hydrogen-bond donors (Lipinski definition) is 4. The molecule has 0 aromatic carbocycles. The van der Waals surface area contributed by atoms with Crippen molar-refractivity contribution in [2.75, 3.05) is 0 Å². The molecule has 45 valence electrons. The Balaban J connectivity index is -0.0000000267. The van der Waals surface area contributed by atoms with E-state index in [4.69, 9.17) is 19.2 Å².